The summed E-state index contributed by atoms with van der Waals surface area (Å²) in [7, 11) is -0.932. The van der Waals surface area contributed by atoms with Crippen molar-refractivity contribution < 1.29 is 29.0 Å². The molecule has 0 radical (unpaired) electrons. The second kappa shape index (κ2) is 16.0. The summed E-state index contributed by atoms with van der Waals surface area (Å²) < 4.78 is 12.9. The van der Waals surface area contributed by atoms with Crippen molar-refractivity contribution in [3.05, 3.63) is 150 Å². The summed E-state index contributed by atoms with van der Waals surface area (Å²) >= 11 is 0. The minimum absolute atomic E-state index is 0.00431. The largest absolute Gasteiger partial charge is 0.497 e. The van der Waals surface area contributed by atoms with E-state index in [1.54, 1.807) is 16.9 Å². The van der Waals surface area contributed by atoms with Crippen LogP contribution in [0.4, 0.5) is 17.1 Å². The number of fused-ring (bicyclic) bond motifs is 3. The van der Waals surface area contributed by atoms with Crippen molar-refractivity contribution in [2.45, 2.75) is 69.6 Å². The zero-order valence-electron chi connectivity index (χ0n) is 33.6. The van der Waals surface area contributed by atoms with Gasteiger partial charge in [0.15, 0.2) is 5.60 Å². The number of nitrogens with zero attached hydrogens (tertiary/aromatic N) is 3. The molecule has 0 saturated carbocycles. The molecule has 4 atom stereocenters. The van der Waals surface area contributed by atoms with Crippen molar-refractivity contribution in [3.63, 3.8) is 0 Å². The monoisotopic (exact) mass is 793 g/mol. The first-order valence-corrected chi connectivity index (χ1v) is 23.3. The summed E-state index contributed by atoms with van der Waals surface area (Å²) in [6.07, 6.45) is 0.462. The molecular weight excluding hydrogens is 743 g/mol. The summed E-state index contributed by atoms with van der Waals surface area (Å²) in [6.45, 7) is 7.39. The standard InChI is InChI=1S/C48H51N3O6Si/c1-33-46(58(3,4)39-23-21-38(56-2)22-24-39)43(30-45(54)49(27-28-52)31-34-13-7-5-8-14-34)57-48(33)40-29-37(51-41-18-12-11-17-36(41)19-26-44(51)53)20-25-42(40)50(47(48)55)32-35-15-9-6-10-16-35/h5-18,20-25,29,33,43,46,52H,19,26-28,30-32H2,1-4H3/t33-,43+,46-,48+/m1/s1. The molecule has 0 unspecified atom stereocenters. The van der Waals surface area contributed by atoms with Gasteiger partial charge in [0.05, 0.1) is 52.2 Å². The van der Waals surface area contributed by atoms with Crippen LogP contribution in [0.15, 0.2) is 127 Å². The molecule has 5 aromatic rings. The van der Waals surface area contributed by atoms with E-state index < -0.39 is 19.8 Å². The summed E-state index contributed by atoms with van der Waals surface area (Å²) in [4.78, 5) is 49.1. The maximum atomic E-state index is 15.5. The Hall–Kier alpha value is -5.55. The molecule has 0 aromatic heterocycles. The second-order valence-corrected chi connectivity index (χ2v) is 21.0. The van der Waals surface area contributed by atoms with Crippen LogP contribution >= 0.6 is 0 Å². The molecule has 3 aliphatic heterocycles. The van der Waals surface area contributed by atoms with Gasteiger partial charge in [-0.25, -0.2) is 0 Å². The van der Waals surface area contributed by atoms with Crippen molar-refractivity contribution >= 4 is 48.0 Å². The smallest absolute Gasteiger partial charge is 0.264 e. The Morgan fingerprint density at radius 3 is 2.22 bits per heavy atom. The van der Waals surface area contributed by atoms with E-state index in [1.807, 2.05) is 114 Å². The number of carbonyl (C=O) groups excluding carboxylic acids is 3. The van der Waals surface area contributed by atoms with E-state index in [2.05, 4.69) is 38.2 Å². The number of aliphatic hydroxyl groups excluding tert-OH is 1. The second-order valence-electron chi connectivity index (χ2n) is 16.3. The predicted octanol–water partition coefficient (Wildman–Crippen LogP) is 7.48. The zero-order valence-corrected chi connectivity index (χ0v) is 34.6. The van der Waals surface area contributed by atoms with Crippen molar-refractivity contribution in [2.24, 2.45) is 5.92 Å². The van der Waals surface area contributed by atoms with E-state index in [0.717, 1.165) is 39.0 Å². The number of amides is 3. The van der Waals surface area contributed by atoms with E-state index in [0.29, 0.717) is 37.2 Å². The Morgan fingerprint density at radius 1 is 0.862 bits per heavy atom. The minimum atomic E-state index is -2.58. The lowest BCUT2D eigenvalue weighted by molar-refractivity contribution is -0.150. The lowest BCUT2D eigenvalue weighted by Gasteiger charge is -2.37. The normalized spacial score (nSPS) is 21.3. The van der Waals surface area contributed by atoms with Crippen LogP contribution in [-0.2, 0) is 44.2 Å². The molecule has 5 aromatic carbocycles. The highest BCUT2D eigenvalue weighted by Crippen LogP contribution is 2.61. The van der Waals surface area contributed by atoms with Crippen LogP contribution in [0.25, 0.3) is 0 Å². The molecule has 1 fully saturated rings. The van der Waals surface area contributed by atoms with Gasteiger partial charge in [-0.2, -0.15) is 0 Å². The molecule has 1 spiro atoms. The number of ether oxygens (including phenoxy) is 2. The molecule has 3 heterocycles. The molecule has 1 N–H and O–H groups in total. The molecule has 0 bridgehead atoms. The van der Waals surface area contributed by atoms with Gasteiger partial charge in [-0.05, 0) is 65.1 Å². The Labute approximate surface area is 341 Å². The van der Waals surface area contributed by atoms with Crippen LogP contribution in [0.2, 0.25) is 18.6 Å². The van der Waals surface area contributed by atoms with E-state index in [1.165, 1.54) is 0 Å². The van der Waals surface area contributed by atoms with Crippen molar-refractivity contribution in [1.29, 1.82) is 0 Å². The van der Waals surface area contributed by atoms with E-state index >= 15 is 4.79 Å². The van der Waals surface area contributed by atoms with Crippen molar-refractivity contribution in [2.75, 3.05) is 30.1 Å². The van der Waals surface area contributed by atoms with Crippen LogP contribution in [-0.4, -0.2) is 62.2 Å². The first kappa shape index (κ1) is 39.3. The fourth-order valence-corrected chi connectivity index (χ4v) is 13.8. The van der Waals surface area contributed by atoms with E-state index in [4.69, 9.17) is 9.47 Å². The topological polar surface area (TPSA) is 99.6 Å². The first-order chi connectivity index (χ1) is 28.1. The van der Waals surface area contributed by atoms with Gasteiger partial charge in [0, 0.05) is 36.7 Å². The van der Waals surface area contributed by atoms with Gasteiger partial charge in [-0.3, -0.25) is 19.3 Å². The Bertz CT molecular complexity index is 2300. The number of para-hydroxylation sites is 1. The van der Waals surface area contributed by atoms with E-state index in [9.17, 15) is 14.7 Å². The van der Waals surface area contributed by atoms with Crippen LogP contribution in [0.1, 0.15) is 42.0 Å². The number of aliphatic hydroxyl groups is 1. The van der Waals surface area contributed by atoms with Crippen LogP contribution in [0, 0.1) is 5.92 Å². The maximum absolute atomic E-state index is 15.5. The van der Waals surface area contributed by atoms with Gasteiger partial charge in [0.25, 0.3) is 5.91 Å². The molecule has 1 saturated heterocycles. The molecule has 3 amide bonds. The fourth-order valence-electron chi connectivity index (χ4n) is 9.79. The minimum Gasteiger partial charge on any atom is -0.497 e. The Balaban J connectivity index is 1.26. The number of rotatable bonds is 12. The summed E-state index contributed by atoms with van der Waals surface area (Å²) in [6, 6.07) is 41.7. The maximum Gasteiger partial charge on any atom is 0.264 e. The van der Waals surface area contributed by atoms with Gasteiger partial charge < -0.3 is 24.4 Å². The zero-order chi connectivity index (χ0) is 40.6. The van der Waals surface area contributed by atoms with Gasteiger partial charge in [0.1, 0.15) is 5.75 Å². The highest BCUT2D eigenvalue weighted by molar-refractivity contribution is 6.91. The third kappa shape index (κ3) is 6.93. The van der Waals surface area contributed by atoms with Gasteiger partial charge in [-0.15, -0.1) is 0 Å². The van der Waals surface area contributed by atoms with E-state index in [-0.39, 0.29) is 48.8 Å². The summed E-state index contributed by atoms with van der Waals surface area (Å²) in [5.41, 5.74) is 4.38. The molecule has 9 nitrogen and oxygen atoms in total. The summed E-state index contributed by atoms with van der Waals surface area (Å²) in [5, 5.41) is 11.3. The highest BCUT2D eigenvalue weighted by atomic mass is 28.3. The molecule has 3 aliphatic rings. The average Bonchev–Trinajstić information content (AvgIpc) is 3.66. The molecule has 58 heavy (non-hydrogen) atoms. The lowest BCUT2D eigenvalue weighted by atomic mass is 9.82. The number of hydrogen-bond donors (Lipinski definition) is 1. The SMILES string of the molecule is COc1ccc([Si](C)(C)[C@H]2[C@H](CC(=O)N(CCO)Cc3ccccc3)O[C@@]3(C(=O)N(Cc4ccccc4)c4ccc(N5C(=O)CCc6ccccc65)cc43)[C@@H]2C)cc1. The third-order valence-corrected chi connectivity index (χ3v) is 17.0. The average molecular weight is 794 g/mol. The summed E-state index contributed by atoms with van der Waals surface area (Å²) in [5.74, 6) is 0.0763. The van der Waals surface area contributed by atoms with Crippen molar-refractivity contribution in [1.82, 2.24) is 4.90 Å². The highest BCUT2D eigenvalue weighted by Gasteiger charge is 2.66. The number of benzene rings is 5. The van der Waals surface area contributed by atoms with Crippen LogP contribution in [0.5, 0.6) is 5.75 Å². The third-order valence-electron chi connectivity index (χ3n) is 12.7. The number of anilines is 3. The fraction of sp³-hybridized carbons (Fsp3) is 0.312. The first-order valence-electron chi connectivity index (χ1n) is 20.2. The van der Waals surface area contributed by atoms with Gasteiger partial charge in [0.2, 0.25) is 11.8 Å². The lowest BCUT2D eigenvalue weighted by Crippen LogP contribution is -2.52. The molecule has 8 rings (SSSR count). The number of methoxy groups -OCH3 is 1. The Kier molecular flexibility index (Phi) is 10.8. The Morgan fingerprint density at radius 2 is 1.53 bits per heavy atom. The number of hydrogen-bond acceptors (Lipinski definition) is 6. The molecule has 10 heteroatoms. The molecule has 298 valence electrons. The number of aryl methyl sites for hydroxylation is 1. The molecular formula is C48H51N3O6Si. The van der Waals surface area contributed by atoms with Crippen molar-refractivity contribution in [3.8, 4) is 5.75 Å². The van der Waals surface area contributed by atoms with Gasteiger partial charge >= 0.3 is 0 Å². The van der Waals surface area contributed by atoms with Gasteiger partial charge in [-0.1, -0.05) is 116 Å². The quantitative estimate of drug-likeness (QED) is 0.132. The molecule has 0 aliphatic carbocycles. The number of carbonyl (C=O) groups is 3. The predicted molar refractivity (Wildman–Crippen MR) is 229 cm³/mol. The van der Waals surface area contributed by atoms with Crippen LogP contribution in [0.3, 0.4) is 0 Å². The van der Waals surface area contributed by atoms with Crippen LogP contribution < -0.4 is 19.7 Å².